The minimum atomic E-state index is -1.25. The molecule has 0 radical (unpaired) electrons. The van der Waals surface area contributed by atoms with Crippen LogP contribution in [0.15, 0.2) is 60.7 Å². The Bertz CT molecular complexity index is 543. The van der Waals surface area contributed by atoms with E-state index in [1.807, 2.05) is 0 Å². The predicted molar refractivity (Wildman–Crippen MR) is 94.9 cm³/mol. The van der Waals surface area contributed by atoms with Crippen molar-refractivity contribution in [3.8, 4) is 0 Å². The van der Waals surface area contributed by atoms with Crippen molar-refractivity contribution in [1.82, 2.24) is 2.59 Å². The van der Waals surface area contributed by atoms with Gasteiger partial charge in [0.2, 0.25) is 0 Å². The SMILES string of the molecule is C[Si](C)(C)N1[Te]C[P+]1(c1ccccc1)c1ccccc1. The van der Waals surface area contributed by atoms with Crippen LogP contribution < -0.4 is 10.6 Å². The van der Waals surface area contributed by atoms with Crippen LogP contribution in [-0.4, -0.2) is 36.2 Å². The van der Waals surface area contributed by atoms with Gasteiger partial charge in [0.15, 0.2) is 0 Å². The summed E-state index contributed by atoms with van der Waals surface area (Å²) in [7, 11) is -2.49. The van der Waals surface area contributed by atoms with Crippen molar-refractivity contribution in [3.05, 3.63) is 60.7 Å². The fraction of sp³-hybridized carbons (Fsp3) is 0.250. The third kappa shape index (κ3) is 2.41. The molecule has 0 aromatic heterocycles. The van der Waals surface area contributed by atoms with Gasteiger partial charge in [0.1, 0.15) is 0 Å². The summed E-state index contributed by atoms with van der Waals surface area (Å²) < 4.78 is 4.48. The molecule has 1 aliphatic rings. The van der Waals surface area contributed by atoms with Crippen LogP contribution in [0.25, 0.3) is 0 Å². The molecular weight excluding hydrogens is 393 g/mol. The number of rotatable bonds is 3. The van der Waals surface area contributed by atoms with E-state index in [0.29, 0.717) is 0 Å². The van der Waals surface area contributed by atoms with Gasteiger partial charge in [-0.15, -0.1) is 0 Å². The van der Waals surface area contributed by atoms with E-state index in [-0.39, 0.29) is 21.2 Å². The average Bonchev–Trinajstić information content (AvgIpc) is 2.39. The summed E-state index contributed by atoms with van der Waals surface area (Å²) in [4.78, 5) is 0. The number of benzene rings is 2. The molecule has 1 aliphatic heterocycles. The molecule has 1 nitrogen and oxygen atoms in total. The van der Waals surface area contributed by atoms with Gasteiger partial charge in [-0.2, -0.15) is 0 Å². The molecule has 0 amide bonds. The van der Waals surface area contributed by atoms with Gasteiger partial charge >= 0.3 is 135 Å². The predicted octanol–water partition coefficient (Wildman–Crippen LogP) is 3.30. The topological polar surface area (TPSA) is 3.24 Å². The van der Waals surface area contributed by atoms with Gasteiger partial charge in [-0.05, 0) is 0 Å². The zero-order valence-electron chi connectivity index (χ0n) is 12.3. The Morgan fingerprint density at radius 2 is 1.30 bits per heavy atom. The van der Waals surface area contributed by atoms with Crippen LogP contribution >= 0.6 is 7.41 Å². The summed E-state index contributed by atoms with van der Waals surface area (Å²) in [6, 6.07) is 22.6. The Hall–Kier alpha value is -0.164. The molecule has 2 aromatic rings. The molecule has 0 atom stereocenters. The van der Waals surface area contributed by atoms with Crippen molar-refractivity contribution < 1.29 is 0 Å². The quantitative estimate of drug-likeness (QED) is 0.551. The van der Waals surface area contributed by atoms with E-state index in [0.717, 1.165) is 0 Å². The van der Waals surface area contributed by atoms with Crippen LogP contribution in [0.5, 0.6) is 0 Å². The van der Waals surface area contributed by atoms with Crippen LogP contribution in [0.3, 0.4) is 0 Å². The van der Waals surface area contributed by atoms with Crippen LogP contribution in [0.2, 0.25) is 19.6 Å². The zero-order chi connectivity index (χ0) is 14.2. The molecule has 0 aliphatic carbocycles. The fourth-order valence-electron chi connectivity index (χ4n) is 2.79. The zero-order valence-corrected chi connectivity index (χ0v) is 16.5. The van der Waals surface area contributed by atoms with Gasteiger partial charge in [-0.1, -0.05) is 0 Å². The molecule has 0 spiro atoms. The monoisotopic (exact) mass is 416 g/mol. The Kier molecular flexibility index (Phi) is 4.10. The van der Waals surface area contributed by atoms with E-state index in [1.54, 1.807) is 10.6 Å². The average molecular weight is 414 g/mol. The molecular formula is C16H21NPSiTe+. The Morgan fingerprint density at radius 3 is 1.60 bits per heavy atom. The number of nitrogens with zero attached hydrogens (tertiary/aromatic N) is 1. The van der Waals surface area contributed by atoms with Crippen LogP contribution in [0.1, 0.15) is 0 Å². The van der Waals surface area contributed by atoms with E-state index in [1.165, 1.54) is 4.21 Å². The second-order valence-electron chi connectivity index (χ2n) is 6.14. The number of hydrogen-bond acceptors (Lipinski definition) is 1. The number of hydrogen-bond donors (Lipinski definition) is 0. The van der Waals surface area contributed by atoms with Crippen LogP contribution in [0.4, 0.5) is 0 Å². The van der Waals surface area contributed by atoms with Gasteiger partial charge in [0, 0.05) is 0 Å². The fourth-order valence-corrected chi connectivity index (χ4v) is 24.5. The van der Waals surface area contributed by atoms with Crippen molar-refractivity contribution in [3.63, 3.8) is 0 Å². The van der Waals surface area contributed by atoms with Crippen LogP contribution in [0, 0.1) is 0 Å². The third-order valence-corrected chi connectivity index (χ3v) is 24.6. The molecule has 0 unspecified atom stereocenters. The van der Waals surface area contributed by atoms with E-state index in [2.05, 4.69) is 82.9 Å². The van der Waals surface area contributed by atoms with Gasteiger partial charge < -0.3 is 0 Å². The summed E-state index contributed by atoms with van der Waals surface area (Å²) in [6.45, 7) is 7.53. The standard InChI is InChI=1S/C16H21NPSiTe/c1-19(2,3)17-18(14-20-17,15-10-6-4-7-11-15)16-12-8-5-9-13-16/h4-13H,14H2,1-3H3/q+1. The van der Waals surface area contributed by atoms with Gasteiger partial charge in [0.25, 0.3) is 0 Å². The first-order valence-electron chi connectivity index (χ1n) is 6.98. The summed E-state index contributed by atoms with van der Waals surface area (Å²) in [5.41, 5.74) is 0. The summed E-state index contributed by atoms with van der Waals surface area (Å²) in [6.07, 6.45) is 0. The van der Waals surface area contributed by atoms with Gasteiger partial charge in [-0.3, -0.25) is 0 Å². The molecule has 104 valence electrons. The molecule has 3 rings (SSSR count). The maximum absolute atomic E-state index is 3.01. The van der Waals surface area contributed by atoms with E-state index >= 15 is 0 Å². The molecule has 0 bridgehead atoms. The molecule has 20 heavy (non-hydrogen) atoms. The molecule has 1 saturated heterocycles. The van der Waals surface area contributed by atoms with Crippen LogP contribution in [-0.2, 0) is 0 Å². The van der Waals surface area contributed by atoms with Gasteiger partial charge in [0.05, 0.1) is 0 Å². The third-order valence-electron chi connectivity index (χ3n) is 3.62. The Morgan fingerprint density at radius 1 is 0.850 bits per heavy atom. The molecule has 1 heterocycles. The van der Waals surface area contributed by atoms with Crippen molar-refractivity contribution >= 4 is 47.5 Å². The summed E-state index contributed by atoms with van der Waals surface area (Å²) in [5.74, 6) is 0. The molecule has 0 N–H and O–H groups in total. The van der Waals surface area contributed by atoms with Crippen molar-refractivity contribution in [2.75, 3.05) is 4.21 Å². The maximum atomic E-state index is 3.01. The van der Waals surface area contributed by atoms with Crippen molar-refractivity contribution in [2.45, 2.75) is 19.6 Å². The normalized spacial score (nSPS) is 18.6. The van der Waals surface area contributed by atoms with E-state index in [4.69, 9.17) is 0 Å². The summed E-state index contributed by atoms with van der Waals surface area (Å²) in [5, 5.41) is 3.18. The van der Waals surface area contributed by atoms with E-state index < -0.39 is 15.6 Å². The first kappa shape index (κ1) is 14.8. The minimum absolute atomic E-state index is 0.0509. The van der Waals surface area contributed by atoms with Gasteiger partial charge in [-0.25, -0.2) is 0 Å². The van der Waals surface area contributed by atoms with Crippen molar-refractivity contribution in [1.29, 1.82) is 0 Å². The second kappa shape index (κ2) is 5.56. The first-order chi connectivity index (χ1) is 9.55. The summed E-state index contributed by atoms with van der Waals surface area (Å²) >= 11 is 0.0509. The second-order valence-corrected chi connectivity index (χ2v) is 20.4. The van der Waals surface area contributed by atoms with Crippen molar-refractivity contribution in [2.24, 2.45) is 0 Å². The van der Waals surface area contributed by atoms with E-state index in [9.17, 15) is 0 Å². The Labute approximate surface area is 134 Å². The molecule has 4 heteroatoms. The molecule has 0 saturated carbocycles. The molecule has 2 aromatic carbocycles. The molecule has 1 fully saturated rings. The Balaban J connectivity index is 2.15. The first-order valence-corrected chi connectivity index (χ1v) is 15.0.